The lowest BCUT2D eigenvalue weighted by atomic mass is 10.1. The fourth-order valence-corrected chi connectivity index (χ4v) is 3.75. The third kappa shape index (κ3) is 5.27. The van der Waals surface area contributed by atoms with Crippen molar-refractivity contribution in [2.45, 2.75) is 26.3 Å². The summed E-state index contributed by atoms with van der Waals surface area (Å²) in [4.78, 5) is 16.9. The van der Waals surface area contributed by atoms with E-state index in [0.29, 0.717) is 13.0 Å². The summed E-state index contributed by atoms with van der Waals surface area (Å²) in [5.74, 6) is 1.85. The SMILES string of the molecule is COc1ccc(CCC(=O)N2CCN(Cc3nnnn3-c3ccc(C)cc3)CC2)cc1. The Morgan fingerprint density at radius 2 is 1.71 bits per heavy atom. The quantitative estimate of drug-likeness (QED) is 0.584. The van der Waals surface area contributed by atoms with E-state index in [1.807, 2.05) is 41.3 Å². The monoisotopic (exact) mass is 420 g/mol. The molecular formula is C23H28N6O2. The van der Waals surface area contributed by atoms with E-state index in [2.05, 4.69) is 39.5 Å². The zero-order chi connectivity index (χ0) is 21.6. The number of aromatic nitrogens is 4. The van der Waals surface area contributed by atoms with Gasteiger partial charge in [-0.3, -0.25) is 9.69 Å². The van der Waals surface area contributed by atoms with Gasteiger partial charge in [-0.1, -0.05) is 29.8 Å². The van der Waals surface area contributed by atoms with Crippen molar-refractivity contribution in [1.82, 2.24) is 30.0 Å². The normalized spacial score (nSPS) is 14.6. The predicted octanol–water partition coefficient (Wildman–Crippen LogP) is 2.26. The van der Waals surface area contributed by atoms with Gasteiger partial charge in [-0.2, -0.15) is 4.68 Å². The van der Waals surface area contributed by atoms with Crippen LogP contribution in [0.2, 0.25) is 0 Å². The topological polar surface area (TPSA) is 76.4 Å². The summed E-state index contributed by atoms with van der Waals surface area (Å²) >= 11 is 0. The van der Waals surface area contributed by atoms with E-state index in [9.17, 15) is 4.79 Å². The Kier molecular flexibility index (Phi) is 6.57. The number of methoxy groups -OCH3 is 1. The molecule has 0 atom stereocenters. The molecule has 0 bridgehead atoms. The molecule has 0 N–H and O–H groups in total. The summed E-state index contributed by atoms with van der Waals surface area (Å²) in [5.41, 5.74) is 3.31. The zero-order valence-corrected chi connectivity index (χ0v) is 18.1. The summed E-state index contributed by atoms with van der Waals surface area (Å²) < 4.78 is 6.96. The molecule has 0 aliphatic carbocycles. The molecule has 2 heterocycles. The van der Waals surface area contributed by atoms with Gasteiger partial charge in [0.05, 0.1) is 19.3 Å². The van der Waals surface area contributed by atoms with E-state index in [1.54, 1.807) is 11.8 Å². The highest BCUT2D eigenvalue weighted by Gasteiger charge is 2.22. The van der Waals surface area contributed by atoms with Crippen LogP contribution in [0.5, 0.6) is 5.75 Å². The first-order valence-corrected chi connectivity index (χ1v) is 10.6. The molecule has 1 fully saturated rings. The summed E-state index contributed by atoms with van der Waals surface area (Å²) in [6.45, 7) is 5.81. The number of amides is 1. The second-order valence-electron chi connectivity index (χ2n) is 7.85. The van der Waals surface area contributed by atoms with Crippen LogP contribution in [0.3, 0.4) is 0 Å². The first kappa shape index (κ1) is 21.0. The maximum atomic E-state index is 12.6. The van der Waals surface area contributed by atoms with Crippen molar-refractivity contribution in [2.24, 2.45) is 0 Å². The van der Waals surface area contributed by atoms with Gasteiger partial charge in [-0.25, -0.2) is 0 Å². The van der Waals surface area contributed by atoms with Crippen molar-refractivity contribution >= 4 is 5.91 Å². The van der Waals surface area contributed by atoms with Crippen LogP contribution in [-0.2, 0) is 17.8 Å². The fraction of sp³-hybridized carbons (Fsp3) is 0.391. The molecule has 0 spiro atoms. The maximum Gasteiger partial charge on any atom is 0.222 e. The Morgan fingerprint density at radius 1 is 1.00 bits per heavy atom. The summed E-state index contributed by atoms with van der Waals surface area (Å²) in [6.07, 6.45) is 1.27. The number of aryl methyl sites for hydroxylation is 2. The standard InChI is InChI=1S/C23H28N6O2/c1-18-3-8-20(9-4-18)29-22(24-25-26-29)17-27-13-15-28(16-14-27)23(30)12-7-19-5-10-21(31-2)11-6-19/h3-6,8-11H,7,12-17H2,1-2H3. The smallest absolute Gasteiger partial charge is 0.222 e. The number of hydrogen-bond acceptors (Lipinski definition) is 6. The van der Waals surface area contributed by atoms with Gasteiger partial charge in [0, 0.05) is 32.6 Å². The van der Waals surface area contributed by atoms with Crippen molar-refractivity contribution in [3.63, 3.8) is 0 Å². The number of carbonyl (C=O) groups excluding carboxylic acids is 1. The van der Waals surface area contributed by atoms with Crippen molar-refractivity contribution in [3.8, 4) is 11.4 Å². The van der Waals surface area contributed by atoms with Crippen LogP contribution >= 0.6 is 0 Å². The molecule has 0 saturated carbocycles. The van der Waals surface area contributed by atoms with Crippen LogP contribution < -0.4 is 4.74 Å². The Labute approximate surface area is 182 Å². The minimum atomic E-state index is 0.208. The van der Waals surface area contributed by atoms with E-state index >= 15 is 0 Å². The van der Waals surface area contributed by atoms with E-state index in [1.165, 1.54) is 5.56 Å². The molecule has 162 valence electrons. The molecule has 0 unspecified atom stereocenters. The van der Waals surface area contributed by atoms with Gasteiger partial charge in [-0.05, 0) is 53.6 Å². The van der Waals surface area contributed by atoms with Crippen LogP contribution in [0, 0.1) is 6.92 Å². The van der Waals surface area contributed by atoms with Crippen LogP contribution in [0.1, 0.15) is 23.4 Å². The number of benzene rings is 2. The average Bonchev–Trinajstić information content (AvgIpc) is 3.27. The average molecular weight is 421 g/mol. The highest BCUT2D eigenvalue weighted by atomic mass is 16.5. The summed E-state index contributed by atoms with van der Waals surface area (Å²) in [7, 11) is 1.65. The minimum absolute atomic E-state index is 0.208. The fourth-order valence-electron chi connectivity index (χ4n) is 3.75. The Balaban J connectivity index is 1.26. The second-order valence-corrected chi connectivity index (χ2v) is 7.85. The van der Waals surface area contributed by atoms with Gasteiger partial charge < -0.3 is 9.64 Å². The summed E-state index contributed by atoms with van der Waals surface area (Å²) in [5, 5.41) is 12.2. The lowest BCUT2D eigenvalue weighted by molar-refractivity contribution is -0.133. The number of tetrazole rings is 1. The Morgan fingerprint density at radius 3 is 2.39 bits per heavy atom. The predicted molar refractivity (Wildman–Crippen MR) is 117 cm³/mol. The molecule has 1 aliphatic rings. The first-order chi connectivity index (χ1) is 15.1. The molecule has 1 aromatic heterocycles. The molecule has 8 heteroatoms. The Hall–Kier alpha value is -3.26. The number of rotatable bonds is 7. The molecule has 1 amide bonds. The summed E-state index contributed by atoms with van der Waals surface area (Å²) in [6, 6.07) is 16.0. The third-order valence-electron chi connectivity index (χ3n) is 5.69. The van der Waals surface area contributed by atoms with Crippen molar-refractivity contribution in [2.75, 3.05) is 33.3 Å². The Bertz CT molecular complexity index is 992. The molecule has 0 radical (unpaired) electrons. The number of carbonyl (C=O) groups is 1. The molecular weight excluding hydrogens is 392 g/mol. The number of ether oxygens (including phenoxy) is 1. The van der Waals surface area contributed by atoms with Gasteiger partial charge in [0.15, 0.2) is 5.82 Å². The molecule has 3 aromatic rings. The minimum Gasteiger partial charge on any atom is -0.497 e. The molecule has 4 rings (SSSR count). The van der Waals surface area contributed by atoms with Gasteiger partial charge in [0.25, 0.3) is 0 Å². The second kappa shape index (κ2) is 9.70. The van der Waals surface area contributed by atoms with E-state index < -0.39 is 0 Å². The van der Waals surface area contributed by atoms with E-state index in [0.717, 1.165) is 55.4 Å². The lowest BCUT2D eigenvalue weighted by Gasteiger charge is -2.34. The highest BCUT2D eigenvalue weighted by molar-refractivity contribution is 5.76. The number of nitrogens with zero attached hydrogens (tertiary/aromatic N) is 6. The largest absolute Gasteiger partial charge is 0.497 e. The van der Waals surface area contributed by atoms with Gasteiger partial charge in [-0.15, -0.1) is 5.10 Å². The van der Waals surface area contributed by atoms with Gasteiger partial charge in [0.2, 0.25) is 5.91 Å². The molecule has 8 nitrogen and oxygen atoms in total. The molecule has 1 aliphatic heterocycles. The highest BCUT2D eigenvalue weighted by Crippen LogP contribution is 2.15. The van der Waals surface area contributed by atoms with E-state index in [4.69, 9.17) is 4.74 Å². The van der Waals surface area contributed by atoms with Crippen LogP contribution in [0.15, 0.2) is 48.5 Å². The van der Waals surface area contributed by atoms with Crippen molar-refractivity contribution in [3.05, 3.63) is 65.5 Å². The van der Waals surface area contributed by atoms with Crippen molar-refractivity contribution < 1.29 is 9.53 Å². The van der Waals surface area contributed by atoms with Crippen LogP contribution in [0.25, 0.3) is 5.69 Å². The van der Waals surface area contributed by atoms with E-state index in [-0.39, 0.29) is 5.91 Å². The number of hydrogen-bond donors (Lipinski definition) is 0. The molecule has 1 saturated heterocycles. The van der Waals surface area contributed by atoms with Gasteiger partial charge >= 0.3 is 0 Å². The third-order valence-corrected chi connectivity index (χ3v) is 5.69. The number of piperazine rings is 1. The molecule has 31 heavy (non-hydrogen) atoms. The molecule has 2 aromatic carbocycles. The first-order valence-electron chi connectivity index (χ1n) is 10.6. The maximum absolute atomic E-state index is 12.6. The van der Waals surface area contributed by atoms with Crippen molar-refractivity contribution in [1.29, 1.82) is 0 Å². The van der Waals surface area contributed by atoms with Crippen LogP contribution in [0.4, 0.5) is 0 Å². The van der Waals surface area contributed by atoms with Gasteiger partial charge in [0.1, 0.15) is 5.75 Å². The lowest BCUT2D eigenvalue weighted by Crippen LogP contribution is -2.48. The van der Waals surface area contributed by atoms with Crippen LogP contribution in [-0.4, -0.2) is 69.2 Å². The zero-order valence-electron chi connectivity index (χ0n) is 18.1.